The molecule has 1 aromatic heterocycles. The monoisotopic (exact) mass is 300 g/mol. The highest BCUT2D eigenvalue weighted by atomic mass is 32.2. The average Bonchev–Trinajstić information content (AvgIpc) is 2.81. The molecule has 0 aliphatic carbocycles. The maximum atomic E-state index is 12.7. The molecule has 0 spiro atoms. The molecule has 7 heteroatoms. The fraction of sp³-hybridized carbons (Fsp3) is 0.615. The molecule has 0 aromatic carbocycles. The van der Waals surface area contributed by atoms with Crippen LogP contribution in [0.2, 0.25) is 0 Å². The van der Waals surface area contributed by atoms with Gasteiger partial charge in [0.05, 0.1) is 6.20 Å². The smallest absolute Gasteiger partial charge is 0.246 e. The van der Waals surface area contributed by atoms with Crippen molar-refractivity contribution in [1.29, 1.82) is 0 Å². The Bertz CT molecular complexity index is 543. The van der Waals surface area contributed by atoms with Gasteiger partial charge in [-0.3, -0.25) is 4.68 Å². The van der Waals surface area contributed by atoms with Crippen LogP contribution in [0.15, 0.2) is 29.9 Å². The van der Waals surface area contributed by atoms with Crippen molar-refractivity contribution in [3.63, 3.8) is 0 Å². The van der Waals surface area contributed by atoms with Gasteiger partial charge in [-0.05, 0) is 33.7 Å². The summed E-state index contributed by atoms with van der Waals surface area (Å²) in [5.74, 6) is 0. The van der Waals surface area contributed by atoms with Crippen molar-refractivity contribution in [2.45, 2.75) is 44.2 Å². The summed E-state index contributed by atoms with van der Waals surface area (Å²) in [6, 6.07) is 0. The number of sulfonamides is 1. The summed E-state index contributed by atoms with van der Waals surface area (Å²) in [6.07, 6.45) is 5.28. The summed E-state index contributed by atoms with van der Waals surface area (Å²) >= 11 is 0. The van der Waals surface area contributed by atoms with Crippen LogP contribution < -0.4 is 5.73 Å². The lowest BCUT2D eigenvalue weighted by atomic mass is 10.1. The normalized spacial score (nSPS) is 12.8. The number of nitrogens with two attached hydrogens (primary N) is 1. The molecule has 1 heterocycles. The zero-order chi connectivity index (χ0) is 15.4. The molecule has 0 saturated heterocycles. The van der Waals surface area contributed by atoms with Crippen LogP contribution in [0.5, 0.6) is 0 Å². The van der Waals surface area contributed by atoms with Crippen molar-refractivity contribution in [3.05, 3.63) is 25.0 Å². The first-order valence-electron chi connectivity index (χ1n) is 6.59. The maximum Gasteiger partial charge on any atom is 0.246 e. The molecule has 0 fully saturated rings. The predicted molar refractivity (Wildman–Crippen MR) is 79.7 cm³/mol. The van der Waals surface area contributed by atoms with Gasteiger partial charge in [-0.15, -0.1) is 6.58 Å². The van der Waals surface area contributed by atoms with Crippen molar-refractivity contribution in [2.24, 2.45) is 5.73 Å². The van der Waals surface area contributed by atoms with Crippen molar-refractivity contribution in [3.8, 4) is 0 Å². The van der Waals surface area contributed by atoms with Crippen molar-refractivity contribution < 1.29 is 8.42 Å². The van der Waals surface area contributed by atoms with Gasteiger partial charge < -0.3 is 5.73 Å². The Labute approximate surface area is 121 Å². The molecular formula is C13H24N4O2S. The van der Waals surface area contributed by atoms with Gasteiger partial charge in [-0.25, -0.2) is 8.42 Å². The Balaban J connectivity index is 3.07. The van der Waals surface area contributed by atoms with E-state index in [1.165, 1.54) is 10.5 Å². The second kappa shape index (κ2) is 6.51. The molecule has 0 amide bonds. The first-order chi connectivity index (χ1) is 9.23. The first kappa shape index (κ1) is 16.9. The Hall–Kier alpha value is -1.18. The molecule has 2 N–H and O–H groups in total. The Morgan fingerprint density at radius 1 is 1.50 bits per heavy atom. The van der Waals surface area contributed by atoms with Gasteiger partial charge in [0.25, 0.3) is 0 Å². The Kier molecular flexibility index (Phi) is 5.50. The topological polar surface area (TPSA) is 81.2 Å². The summed E-state index contributed by atoms with van der Waals surface area (Å²) in [6.45, 7) is 10.6. The van der Waals surface area contributed by atoms with E-state index in [1.807, 2.05) is 20.8 Å². The Morgan fingerprint density at radius 3 is 2.65 bits per heavy atom. The molecule has 0 unspecified atom stereocenters. The molecule has 20 heavy (non-hydrogen) atoms. The zero-order valence-electron chi connectivity index (χ0n) is 12.4. The van der Waals surface area contributed by atoms with E-state index >= 15 is 0 Å². The average molecular weight is 300 g/mol. The summed E-state index contributed by atoms with van der Waals surface area (Å²) in [5, 5.41) is 4.07. The van der Waals surface area contributed by atoms with Crippen molar-refractivity contribution >= 4 is 10.0 Å². The number of hydrogen-bond donors (Lipinski definition) is 1. The number of aryl methyl sites for hydroxylation is 1. The molecule has 0 saturated carbocycles. The summed E-state index contributed by atoms with van der Waals surface area (Å²) in [4.78, 5) is 0.200. The van der Waals surface area contributed by atoms with E-state index in [1.54, 1.807) is 17.0 Å². The minimum absolute atomic E-state index is 0.200. The molecule has 0 aliphatic rings. The lowest BCUT2D eigenvalue weighted by Gasteiger charge is -2.33. The van der Waals surface area contributed by atoms with E-state index in [4.69, 9.17) is 5.73 Å². The van der Waals surface area contributed by atoms with Crippen molar-refractivity contribution in [1.82, 2.24) is 14.1 Å². The molecule has 0 atom stereocenters. The van der Waals surface area contributed by atoms with E-state index in [-0.39, 0.29) is 11.4 Å². The van der Waals surface area contributed by atoms with Crippen LogP contribution in [-0.4, -0.2) is 41.1 Å². The van der Waals surface area contributed by atoms with E-state index in [2.05, 4.69) is 11.7 Å². The second-order valence-corrected chi connectivity index (χ2v) is 7.44. The third kappa shape index (κ3) is 3.91. The van der Waals surface area contributed by atoms with Crippen LogP contribution in [0.25, 0.3) is 0 Å². The number of nitrogens with zero attached hydrogens (tertiary/aromatic N) is 3. The third-order valence-electron chi connectivity index (χ3n) is 2.83. The van der Waals surface area contributed by atoms with E-state index in [0.29, 0.717) is 13.1 Å². The minimum Gasteiger partial charge on any atom is -0.330 e. The molecule has 0 radical (unpaired) electrons. The third-order valence-corrected chi connectivity index (χ3v) is 4.92. The summed E-state index contributed by atoms with van der Waals surface area (Å²) in [7, 11) is -3.58. The maximum absolute atomic E-state index is 12.7. The molecule has 0 aliphatic heterocycles. The lowest BCUT2D eigenvalue weighted by molar-refractivity contribution is 0.270. The fourth-order valence-electron chi connectivity index (χ4n) is 1.83. The number of aromatic nitrogens is 2. The highest BCUT2D eigenvalue weighted by Gasteiger charge is 2.33. The quantitative estimate of drug-likeness (QED) is 0.767. The molecule has 6 nitrogen and oxygen atoms in total. The van der Waals surface area contributed by atoms with Crippen LogP contribution in [0.1, 0.15) is 27.2 Å². The van der Waals surface area contributed by atoms with Crippen LogP contribution >= 0.6 is 0 Å². The van der Waals surface area contributed by atoms with Gasteiger partial charge in [-0.2, -0.15) is 9.40 Å². The van der Waals surface area contributed by atoms with E-state index in [9.17, 15) is 8.42 Å². The van der Waals surface area contributed by atoms with Crippen LogP contribution in [0.3, 0.4) is 0 Å². The zero-order valence-corrected chi connectivity index (χ0v) is 13.2. The van der Waals surface area contributed by atoms with Gasteiger partial charge >= 0.3 is 0 Å². The first-order valence-corrected chi connectivity index (χ1v) is 8.03. The fourth-order valence-corrected chi connectivity index (χ4v) is 3.54. The molecule has 1 rings (SSSR count). The van der Waals surface area contributed by atoms with Crippen LogP contribution in [0.4, 0.5) is 0 Å². The second-order valence-electron chi connectivity index (χ2n) is 5.58. The summed E-state index contributed by atoms with van der Waals surface area (Å²) in [5.41, 5.74) is 4.91. The molecule has 0 bridgehead atoms. The van der Waals surface area contributed by atoms with E-state index in [0.717, 1.165) is 6.42 Å². The van der Waals surface area contributed by atoms with Crippen molar-refractivity contribution in [2.75, 3.05) is 13.1 Å². The van der Waals surface area contributed by atoms with Gasteiger partial charge in [-0.1, -0.05) is 6.08 Å². The number of rotatable bonds is 7. The standard InChI is InChI=1S/C13H24N4O2S/c1-5-8-17(13(2,3)4)20(18,19)12-10-15-16(11-12)9-6-7-14/h5,10-11H,1,6-9,14H2,2-4H3. The lowest BCUT2D eigenvalue weighted by Crippen LogP contribution is -2.45. The number of hydrogen-bond acceptors (Lipinski definition) is 4. The SMILES string of the molecule is C=CCN(C(C)(C)C)S(=O)(=O)c1cnn(CCCN)c1. The minimum atomic E-state index is -3.58. The van der Waals surface area contributed by atoms with Crippen LogP contribution in [-0.2, 0) is 16.6 Å². The van der Waals surface area contributed by atoms with Gasteiger partial charge in [0.1, 0.15) is 4.90 Å². The summed E-state index contributed by atoms with van der Waals surface area (Å²) < 4.78 is 28.3. The van der Waals surface area contributed by atoms with Gasteiger partial charge in [0.2, 0.25) is 10.0 Å². The highest BCUT2D eigenvalue weighted by Crippen LogP contribution is 2.23. The van der Waals surface area contributed by atoms with Crippen LogP contribution in [0, 0.1) is 0 Å². The highest BCUT2D eigenvalue weighted by molar-refractivity contribution is 7.89. The molecule has 1 aromatic rings. The Morgan fingerprint density at radius 2 is 2.15 bits per heavy atom. The molecule has 114 valence electrons. The van der Waals surface area contributed by atoms with E-state index < -0.39 is 15.6 Å². The van der Waals surface area contributed by atoms with Gasteiger partial charge in [0.15, 0.2) is 0 Å². The largest absolute Gasteiger partial charge is 0.330 e. The van der Waals surface area contributed by atoms with Gasteiger partial charge in [0, 0.05) is 24.8 Å². The predicted octanol–water partition coefficient (Wildman–Crippen LogP) is 1.21. The molecular weight excluding hydrogens is 276 g/mol.